The average Bonchev–Trinajstić information content (AvgIpc) is 3.12. The number of hydrogen-bond donors (Lipinski definition) is 3. The first kappa shape index (κ1) is 28.0. The van der Waals surface area contributed by atoms with Crippen LogP contribution in [0.3, 0.4) is 0 Å². The Kier molecular flexibility index (Phi) is 7.75. The van der Waals surface area contributed by atoms with Crippen LogP contribution in [0.25, 0.3) is 0 Å². The number of fused-ring (bicyclic) bond motifs is 5. The summed E-state index contributed by atoms with van der Waals surface area (Å²) >= 11 is 0. The van der Waals surface area contributed by atoms with Gasteiger partial charge in [-0.15, -0.1) is 0 Å². The number of esters is 1. The Morgan fingerprint density at radius 1 is 1.16 bits per heavy atom. The van der Waals surface area contributed by atoms with Crippen molar-refractivity contribution in [3.05, 3.63) is 11.6 Å². The highest BCUT2D eigenvalue weighted by atomic mass is 16.5. The molecule has 1 amide bonds. The molecule has 0 bridgehead atoms. The third-order valence-electron chi connectivity index (χ3n) is 10.4. The van der Waals surface area contributed by atoms with Crippen LogP contribution >= 0.6 is 0 Å². The van der Waals surface area contributed by atoms with E-state index in [2.05, 4.69) is 12.2 Å². The molecule has 0 spiro atoms. The van der Waals surface area contributed by atoms with Crippen molar-refractivity contribution in [3.63, 3.8) is 0 Å². The summed E-state index contributed by atoms with van der Waals surface area (Å²) in [6.45, 7) is 7.37. The SMILES string of the molecule is CC[C@@H](C)NC(=O)CCC(=O)OCC(=O)[C@@]1(O)CC[C@@H]2[C@H]3CCC4=CC(=O)CC[C@]4(C)[C@@H]3[C@@H](O)C[C@@]21C. The predicted octanol–water partition coefficient (Wildman–Crippen LogP) is 3.03. The van der Waals surface area contributed by atoms with E-state index in [1.54, 1.807) is 6.08 Å². The van der Waals surface area contributed by atoms with Crippen molar-refractivity contribution in [3.8, 4) is 0 Å². The van der Waals surface area contributed by atoms with E-state index in [-0.39, 0.29) is 60.2 Å². The van der Waals surface area contributed by atoms with Gasteiger partial charge in [-0.25, -0.2) is 0 Å². The zero-order valence-electron chi connectivity index (χ0n) is 22.7. The fraction of sp³-hybridized carbons (Fsp3) is 0.793. The van der Waals surface area contributed by atoms with E-state index >= 15 is 0 Å². The summed E-state index contributed by atoms with van der Waals surface area (Å²) in [6, 6.07) is 0.0239. The Balaban J connectivity index is 1.41. The second kappa shape index (κ2) is 10.3. The van der Waals surface area contributed by atoms with Crippen LogP contribution in [0.4, 0.5) is 0 Å². The Labute approximate surface area is 219 Å². The van der Waals surface area contributed by atoms with Crippen LogP contribution in [0, 0.1) is 28.6 Å². The number of hydrogen-bond acceptors (Lipinski definition) is 7. The lowest BCUT2D eigenvalue weighted by Crippen LogP contribution is -2.62. The quantitative estimate of drug-likeness (QED) is 0.422. The van der Waals surface area contributed by atoms with E-state index in [0.717, 1.165) is 31.3 Å². The number of aliphatic hydroxyl groups excluding tert-OH is 1. The van der Waals surface area contributed by atoms with Gasteiger partial charge < -0.3 is 20.3 Å². The fourth-order valence-electron chi connectivity index (χ4n) is 8.15. The molecule has 4 aliphatic carbocycles. The van der Waals surface area contributed by atoms with Gasteiger partial charge in [-0.05, 0) is 81.1 Å². The first-order valence-electron chi connectivity index (χ1n) is 14.0. The van der Waals surface area contributed by atoms with Gasteiger partial charge in [0.1, 0.15) is 5.60 Å². The Morgan fingerprint density at radius 3 is 2.59 bits per heavy atom. The van der Waals surface area contributed by atoms with Gasteiger partial charge in [-0.2, -0.15) is 0 Å². The topological polar surface area (TPSA) is 130 Å². The highest BCUT2D eigenvalue weighted by Gasteiger charge is 2.68. The molecule has 0 heterocycles. The number of nitrogens with one attached hydrogen (secondary N) is 1. The molecule has 8 atom stereocenters. The molecule has 3 fully saturated rings. The van der Waals surface area contributed by atoms with Gasteiger partial charge >= 0.3 is 5.97 Å². The summed E-state index contributed by atoms with van der Waals surface area (Å²) in [5.74, 6) is -1.06. The number of carbonyl (C=O) groups is 4. The lowest BCUT2D eigenvalue weighted by Gasteiger charge is -2.60. The first-order valence-corrected chi connectivity index (χ1v) is 14.0. The normalized spacial score (nSPS) is 39.5. The zero-order chi connectivity index (χ0) is 27.2. The molecule has 0 aromatic heterocycles. The molecule has 37 heavy (non-hydrogen) atoms. The van der Waals surface area contributed by atoms with Gasteiger partial charge in [0.2, 0.25) is 11.7 Å². The molecular weight excluding hydrogens is 474 g/mol. The van der Waals surface area contributed by atoms with Gasteiger partial charge in [-0.3, -0.25) is 19.2 Å². The van der Waals surface area contributed by atoms with E-state index in [4.69, 9.17) is 4.74 Å². The van der Waals surface area contributed by atoms with E-state index in [9.17, 15) is 29.4 Å². The molecule has 3 N–H and O–H groups in total. The Bertz CT molecular complexity index is 991. The number of amides is 1. The fourth-order valence-corrected chi connectivity index (χ4v) is 8.15. The van der Waals surface area contributed by atoms with Gasteiger partial charge in [0.15, 0.2) is 12.4 Å². The van der Waals surface area contributed by atoms with Crippen molar-refractivity contribution in [2.75, 3.05) is 6.61 Å². The summed E-state index contributed by atoms with van der Waals surface area (Å²) in [6.07, 6.45) is 5.82. The minimum absolute atomic E-state index is 0.00414. The molecule has 4 aliphatic rings. The number of ketones is 2. The van der Waals surface area contributed by atoms with E-state index in [1.807, 2.05) is 20.8 Å². The van der Waals surface area contributed by atoms with Crippen molar-refractivity contribution >= 4 is 23.4 Å². The first-order chi connectivity index (χ1) is 17.4. The lowest BCUT2D eigenvalue weighted by atomic mass is 9.45. The number of Topliss-reactive ketones (excluding diaryl/α,β-unsaturated/α-hetero) is 1. The maximum atomic E-state index is 13.3. The molecule has 206 valence electrons. The molecule has 8 heteroatoms. The van der Waals surface area contributed by atoms with E-state index < -0.39 is 35.5 Å². The summed E-state index contributed by atoms with van der Waals surface area (Å²) < 4.78 is 5.19. The van der Waals surface area contributed by atoms with Crippen molar-refractivity contribution in [2.24, 2.45) is 28.6 Å². The van der Waals surface area contributed by atoms with E-state index in [1.165, 1.54) is 0 Å². The van der Waals surface area contributed by atoms with Crippen LogP contribution in [0.15, 0.2) is 11.6 Å². The maximum absolute atomic E-state index is 13.3. The summed E-state index contributed by atoms with van der Waals surface area (Å²) in [5, 5.41) is 26.0. The number of ether oxygens (including phenoxy) is 1. The Hall–Kier alpha value is -2.06. The monoisotopic (exact) mass is 517 g/mol. The maximum Gasteiger partial charge on any atom is 0.306 e. The second-order valence-corrected chi connectivity index (χ2v) is 12.4. The number of aliphatic hydroxyl groups is 2. The molecule has 0 radical (unpaired) electrons. The van der Waals surface area contributed by atoms with Gasteiger partial charge in [0, 0.05) is 24.3 Å². The minimum Gasteiger partial charge on any atom is -0.458 e. The number of carbonyl (C=O) groups excluding carboxylic acids is 4. The molecular formula is C29H43NO7. The zero-order valence-corrected chi connectivity index (χ0v) is 22.7. The smallest absolute Gasteiger partial charge is 0.306 e. The number of allylic oxidation sites excluding steroid dienone is 1. The van der Waals surface area contributed by atoms with Crippen molar-refractivity contribution in [1.82, 2.24) is 5.32 Å². The van der Waals surface area contributed by atoms with Crippen LogP contribution in [-0.4, -0.2) is 58.0 Å². The van der Waals surface area contributed by atoms with Crippen molar-refractivity contribution in [1.29, 1.82) is 0 Å². The molecule has 0 unspecified atom stereocenters. The molecule has 0 aliphatic heterocycles. The molecule has 0 aromatic rings. The minimum atomic E-state index is -1.68. The highest BCUT2D eigenvalue weighted by Crippen LogP contribution is 2.67. The van der Waals surface area contributed by atoms with Gasteiger partial charge in [-0.1, -0.05) is 26.3 Å². The molecule has 3 saturated carbocycles. The molecule has 0 saturated heterocycles. The van der Waals surface area contributed by atoms with Crippen LogP contribution in [0.1, 0.15) is 91.9 Å². The second-order valence-electron chi connectivity index (χ2n) is 12.4. The number of rotatable bonds is 8. The third-order valence-corrected chi connectivity index (χ3v) is 10.4. The van der Waals surface area contributed by atoms with Crippen LogP contribution < -0.4 is 5.32 Å². The highest BCUT2D eigenvalue weighted by molar-refractivity contribution is 5.92. The summed E-state index contributed by atoms with van der Waals surface area (Å²) in [7, 11) is 0. The average molecular weight is 518 g/mol. The standard InChI is InChI=1S/C29H43NO7/c1-5-17(2)30-24(34)8-9-25(35)37-16-23(33)29(36)13-11-21-20-7-6-18-14-19(31)10-12-27(18,3)26(20)22(32)15-28(21,29)4/h14,17,20-22,26,32,36H,5-13,15-16H2,1-4H3,(H,30,34)/t17-,20-,21-,22+,26+,27+,28+,29+/m1/s1. The Morgan fingerprint density at radius 2 is 1.89 bits per heavy atom. The van der Waals surface area contributed by atoms with Crippen molar-refractivity contribution < 1.29 is 34.1 Å². The molecule has 8 nitrogen and oxygen atoms in total. The predicted molar refractivity (Wildman–Crippen MR) is 136 cm³/mol. The molecule has 4 rings (SSSR count). The molecule has 0 aromatic carbocycles. The van der Waals surface area contributed by atoms with Gasteiger partial charge in [0.25, 0.3) is 0 Å². The lowest BCUT2D eigenvalue weighted by molar-refractivity contribution is -0.184. The van der Waals surface area contributed by atoms with E-state index in [0.29, 0.717) is 19.3 Å². The van der Waals surface area contributed by atoms with Gasteiger partial charge in [0.05, 0.1) is 12.5 Å². The van der Waals surface area contributed by atoms with Crippen LogP contribution in [-0.2, 0) is 23.9 Å². The van der Waals surface area contributed by atoms with Crippen molar-refractivity contribution in [2.45, 2.75) is 110 Å². The largest absolute Gasteiger partial charge is 0.458 e. The van der Waals surface area contributed by atoms with Crippen LogP contribution in [0.5, 0.6) is 0 Å². The summed E-state index contributed by atoms with van der Waals surface area (Å²) in [4.78, 5) is 49.5. The third kappa shape index (κ3) is 4.80. The summed E-state index contributed by atoms with van der Waals surface area (Å²) in [5.41, 5.74) is -1.60. The van der Waals surface area contributed by atoms with Crippen LogP contribution in [0.2, 0.25) is 0 Å².